The molecule has 0 bridgehead atoms. The number of nitrogen functional groups attached to an aromatic ring is 1. The van der Waals surface area contributed by atoms with Gasteiger partial charge < -0.3 is 16.2 Å². The van der Waals surface area contributed by atoms with Gasteiger partial charge in [-0.3, -0.25) is 0 Å². The van der Waals surface area contributed by atoms with E-state index in [0.29, 0.717) is 10.7 Å². The van der Waals surface area contributed by atoms with E-state index < -0.39 is 0 Å². The molecule has 0 amide bonds. The van der Waals surface area contributed by atoms with Gasteiger partial charge in [-0.05, 0) is 36.6 Å². The van der Waals surface area contributed by atoms with Crippen molar-refractivity contribution in [2.75, 3.05) is 12.3 Å². The van der Waals surface area contributed by atoms with Crippen molar-refractivity contribution in [3.8, 4) is 0 Å². The minimum Gasteiger partial charge on any atom is -0.397 e. The molecule has 4 heteroatoms. The van der Waals surface area contributed by atoms with Crippen LogP contribution in [0.5, 0.6) is 0 Å². The zero-order valence-electron chi connectivity index (χ0n) is 8.46. The predicted molar refractivity (Wildman–Crippen MR) is 61.8 cm³/mol. The van der Waals surface area contributed by atoms with Gasteiger partial charge in [-0.1, -0.05) is 17.7 Å². The number of nitrogens with one attached hydrogen (secondary N) is 1. The summed E-state index contributed by atoms with van der Waals surface area (Å²) in [6, 6.07) is 3.82. The van der Waals surface area contributed by atoms with Gasteiger partial charge in [0.25, 0.3) is 0 Å². The number of anilines is 1. The minimum atomic E-state index is 0.00881. The molecule has 0 aromatic heterocycles. The number of hydrogen-bond donors (Lipinski definition) is 3. The summed E-state index contributed by atoms with van der Waals surface area (Å²) in [5.74, 6) is 0. The third-order valence-corrected chi connectivity index (χ3v) is 3.23. The van der Waals surface area contributed by atoms with E-state index in [2.05, 4.69) is 5.32 Å². The lowest BCUT2D eigenvalue weighted by Gasteiger charge is -2.18. The zero-order valence-corrected chi connectivity index (χ0v) is 9.22. The number of nitrogens with two attached hydrogens (primary N) is 1. The second-order valence-electron chi connectivity index (χ2n) is 3.84. The summed E-state index contributed by atoms with van der Waals surface area (Å²) in [4.78, 5) is 0. The smallest absolute Gasteiger partial charge is 0.0685 e. The van der Waals surface area contributed by atoms with Crippen LogP contribution in [0.3, 0.4) is 0 Å². The summed E-state index contributed by atoms with van der Waals surface area (Å²) in [7, 11) is 0. The summed E-state index contributed by atoms with van der Waals surface area (Å²) >= 11 is 5.99. The SMILES string of the molecule is Nc1c(Cl)ccc(CO)c1[C@@H]1CCCN1. The number of hydrogen-bond acceptors (Lipinski definition) is 3. The van der Waals surface area contributed by atoms with Gasteiger partial charge in [0.2, 0.25) is 0 Å². The lowest BCUT2D eigenvalue weighted by molar-refractivity contribution is 0.279. The quantitative estimate of drug-likeness (QED) is 0.675. The molecule has 3 nitrogen and oxygen atoms in total. The van der Waals surface area contributed by atoms with E-state index in [4.69, 9.17) is 17.3 Å². The van der Waals surface area contributed by atoms with E-state index in [9.17, 15) is 5.11 Å². The molecule has 0 aliphatic carbocycles. The molecule has 0 radical (unpaired) electrons. The average Bonchev–Trinajstić information content (AvgIpc) is 2.75. The lowest BCUT2D eigenvalue weighted by Crippen LogP contribution is -2.16. The maximum Gasteiger partial charge on any atom is 0.0685 e. The lowest BCUT2D eigenvalue weighted by atomic mass is 9.97. The molecule has 0 unspecified atom stereocenters. The van der Waals surface area contributed by atoms with Gasteiger partial charge in [-0.2, -0.15) is 0 Å². The molecule has 1 fully saturated rings. The Hall–Kier alpha value is -0.770. The molecule has 82 valence electrons. The molecule has 15 heavy (non-hydrogen) atoms. The Morgan fingerprint density at radius 1 is 1.53 bits per heavy atom. The van der Waals surface area contributed by atoms with Crippen LogP contribution in [-0.4, -0.2) is 11.7 Å². The molecule has 0 saturated carbocycles. The van der Waals surface area contributed by atoms with Crippen LogP contribution in [-0.2, 0) is 6.61 Å². The number of benzene rings is 1. The Morgan fingerprint density at radius 2 is 2.33 bits per heavy atom. The summed E-state index contributed by atoms with van der Waals surface area (Å²) in [5.41, 5.74) is 8.40. The van der Waals surface area contributed by atoms with Gasteiger partial charge in [-0.15, -0.1) is 0 Å². The summed E-state index contributed by atoms with van der Waals surface area (Å²) in [5, 5.41) is 13.2. The summed E-state index contributed by atoms with van der Waals surface area (Å²) in [6.07, 6.45) is 2.19. The van der Waals surface area contributed by atoms with E-state index >= 15 is 0 Å². The van der Waals surface area contributed by atoms with Crippen molar-refractivity contribution < 1.29 is 5.11 Å². The molecule has 1 aliphatic rings. The number of rotatable bonds is 2. The van der Waals surface area contributed by atoms with E-state index in [1.807, 2.05) is 6.07 Å². The highest BCUT2D eigenvalue weighted by atomic mass is 35.5. The molecule has 1 aliphatic heterocycles. The van der Waals surface area contributed by atoms with E-state index in [-0.39, 0.29) is 12.6 Å². The van der Waals surface area contributed by atoms with Gasteiger partial charge in [0.05, 0.1) is 17.3 Å². The average molecular weight is 227 g/mol. The van der Waals surface area contributed by atoms with Gasteiger partial charge in [0, 0.05) is 6.04 Å². The Balaban J connectivity index is 2.45. The van der Waals surface area contributed by atoms with E-state index in [1.54, 1.807) is 6.07 Å². The topological polar surface area (TPSA) is 58.3 Å². The van der Waals surface area contributed by atoms with Crippen molar-refractivity contribution >= 4 is 17.3 Å². The van der Waals surface area contributed by atoms with Crippen LogP contribution in [0.15, 0.2) is 12.1 Å². The fourth-order valence-corrected chi connectivity index (χ4v) is 2.30. The van der Waals surface area contributed by atoms with Crippen molar-refractivity contribution in [2.45, 2.75) is 25.5 Å². The van der Waals surface area contributed by atoms with Gasteiger partial charge >= 0.3 is 0 Å². The molecule has 1 heterocycles. The van der Waals surface area contributed by atoms with Crippen molar-refractivity contribution in [1.29, 1.82) is 0 Å². The molecule has 1 aromatic carbocycles. The molecule has 2 rings (SSSR count). The van der Waals surface area contributed by atoms with Crippen LogP contribution < -0.4 is 11.1 Å². The first-order chi connectivity index (χ1) is 7.24. The molecular weight excluding hydrogens is 212 g/mol. The molecule has 1 aromatic rings. The fourth-order valence-electron chi connectivity index (χ4n) is 2.14. The minimum absolute atomic E-state index is 0.00881. The summed E-state index contributed by atoms with van der Waals surface area (Å²) < 4.78 is 0. The van der Waals surface area contributed by atoms with Crippen LogP contribution >= 0.6 is 11.6 Å². The van der Waals surface area contributed by atoms with Crippen LogP contribution in [0.2, 0.25) is 5.02 Å². The van der Waals surface area contributed by atoms with Gasteiger partial charge in [-0.25, -0.2) is 0 Å². The largest absolute Gasteiger partial charge is 0.397 e. The third kappa shape index (κ3) is 1.95. The third-order valence-electron chi connectivity index (χ3n) is 2.90. The van der Waals surface area contributed by atoms with Gasteiger partial charge in [0.1, 0.15) is 0 Å². The second kappa shape index (κ2) is 4.39. The second-order valence-corrected chi connectivity index (χ2v) is 4.25. The number of aliphatic hydroxyl groups is 1. The number of aliphatic hydroxyl groups excluding tert-OH is 1. The van der Waals surface area contributed by atoms with E-state index in [1.165, 1.54) is 0 Å². The highest BCUT2D eigenvalue weighted by molar-refractivity contribution is 6.33. The molecule has 0 spiro atoms. The number of halogens is 1. The highest BCUT2D eigenvalue weighted by Crippen LogP contribution is 2.34. The Labute approximate surface area is 94.2 Å². The molecular formula is C11H15ClN2O. The van der Waals surface area contributed by atoms with Crippen molar-refractivity contribution in [1.82, 2.24) is 5.32 Å². The van der Waals surface area contributed by atoms with Crippen LogP contribution in [0, 0.1) is 0 Å². The van der Waals surface area contributed by atoms with Crippen molar-refractivity contribution in [3.05, 3.63) is 28.3 Å². The Kier molecular flexibility index (Phi) is 3.14. The first-order valence-corrected chi connectivity index (χ1v) is 5.53. The first kappa shape index (κ1) is 10.7. The standard InChI is InChI=1S/C11H15ClN2O/c12-8-4-3-7(6-15)10(11(8)13)9-2-1-5-14-9/h3-4,9,14-15H,1-2,5-6,13H2/t9-/m0/s1. The molecule has 1 saturated heterocycles. The fraction of sp³-hybridized carbons (Fsp3) is 0.455. The van der Waals surface area contributed by atoms with Crippen LogP contribution in [0.25, 0.3) is 0 Å². The Morgan fingerprint density at radius 3 is 2.93 bits per heavy atom. The van der Waals surface area contributed by atoms with Crippen molar-refractivity contribution in [2.24, 2.45) is 0 Å². The monoisotopic (exact) mass is 226 g/mol. The van der Waals surface area contributed by atoms with E-state index in [0.717, 1.165) is 30.5 Å². The van der Waals surface area contributed by atoms with Crippen LogP contribution in [0.1, 0.15) is 30.0 Å². The first-order valence-electron chi connectivity index (χ1n) is 5.15. The van der Waals surface area contributed by atoms with Gasteiger partial charge in [0.15, 0.2) is 0 Å². The predicted octanol–water partition coefficient (Wildman–Crippen LogP) is 1.84. The summed E-state index contributed by atoms with van der Waals surface area (Å²) in [6.45, 7) is 1.01. The maximum absolute atomic E-state index is 9.27. The van der Waals surface area contributed by atoms with Crippen molar-refractivity contribution in [3.63, 3.8) is 0 Å². The zero-order chi connectivity index (χ0) is 10.8. The Bertz CT molecular complexity index is 362. The van der Waals surface area contributed by atoms with Crippen LogP contribution in [0.4, 0.5) is 5.69 Å². The molecule has 1 atom stereocenters. The normalized spacial score (nSPS) is 20.8. The highest BCUT2D eigenvalue weighted by Gasteiger charge is 2.22. The molecule has 4 N–H and O–H groups in total. The maximum atomic E-state index is 9.27.